The molecule has 1 aliphatic rings. The van der Waals surface area contributed by atoms with Gasteiger partial charge in [-0.2, -0.15) is 0 Å². The molecule has 3 aromatic rings. The Kier molecular flexibility index (Phi) is 5.86. The zero-order chi connectivity index (χ0) is 21.1. The van der Waals surface area contributed by atoms with Gasteiger partial charge in [-0.1, -0.05) is 53.2 Å². The van der Waals surface area contributed by atoms with E-state index < -0.39 is 0 Å². The highest BCUT2D eigenvalue weighted by molar-refractivity contribution is 6.30. The van der Waals surface area contributed by atoms with Crippen LogP contribution in [0, 0.1) is 6.92 Å². The monoisotopic (exact) mass is 423 g/mol. The number of halogens is 1. The van der Waals surface area contributed by atoms with E-state index in [1.807, 2.05) is 29.2 Å². The minimum Gasteiger partial charge on any atom is -0.360 e. The van der Waals surface area contributed by atoms with Crippen LogP contribution in [0.5, 0.6) is 0 Å². The SMILES string of the molecule is Cc1onc(-c2ccc(Cl)cc2)c1C(=O)NCc1ccc(CN2CCCC2=O)cc1. The van der Waals surface area contributed by atoms with Gasteiger partial charge in [0.2, 0.25) is 5.91 Å². The Morgan fingerprint density at radius 1 is 1.13 bits per heavy atom. The summed E-state index contributed by atoms with van der Waals surface area (Å²) in [6, 6.07) is 15.0. The summed E-state index contributed by atoms with van der Waals surface area (Å²) in [6.45, 7) is 3.56. The molecule has 0 radical (unpaired) electrons. The normalized spacial score (nSPS) is 13.7. The van der Waals surface area contributed by atoms with Crippen LogP contribution in [0.2, 0.25) is 5.02 Å². The summed E-state index contributed by atoms with van der Waals surface area (Å²) < 4.78 is 5.27. The maximum Gasteiger partial charge on any atom is 0.257 e. The molecule has 30 heavy (non-hydrogen) atoms. The lowest BCUT2D eigenvalue weighted by molar-refractivity contribution is -0.128. The molecule has 0 atom stereocenters. The first-order chi connectivity index (χ1) is 14.5. The predicted molar refractivity (Wildman–Crippen MR) is 114 cm³/mol. The molecule has 1 saturated heterocycles. The number of nitrogens with zero attached hydrogens (tertiary/aromatic N) is 2. The van der Waals surface area contributed by atoms with E-state index in [1.165, 1.54) is 0 Å². The van der Waals surface area contributed by atoms with E-state index in [0.29, 0.717) is 41.6 Å². The van der Waals surface area contributed by atoms with E-state index in [9.17, 15) is 9.59 Å². The molecule has 1 aliphatic heterocycles. The number of amides is 2. The fraction of sp³-hybridized carbons (Fsp3) is 0.261. The van der Waals surface area contributed by atoms with Crippen molar-refractivity contribution < 1.29 is 14.1 Å². The molecule has 2 amide bonds. The summed E-state index contributed by atoms with van der Waals surface area (Å²) in [4.78, 5) is 26.5. The van der Waals surface area contributed by atoms with Gasteiger partial charge in [0, 0.05) is 36.6 Å². The van der Waals surface area contributed by atoms with Gasteiger partial charge < -0.3 is 14.7 Å². The highest BCUT2D eigenvalue weighted by atomic mass is 35.5. The lowest BCUT2D eigenvalue weighted by Gasteiger charge is -2.15. The second-order valence-electron chi connectivity index (χ2n) is 7.39. The number of nitrogens with one attached hydrogen (secondary N) is 1. The molecule has 1 N–H and O–H groups in total. The molecule has 0 spiro atoms. The van der Waals surface area contributed by atoms with Crippen LogP contribution in [-0.2, 0) is 17.9 Å². The van der Waals surface area contributed by atoms with Crippen LogP contribution in [0.15, 0.2) is 53.1 Å². The Bertz CT molecular complexity index is 1060. The summed E-state index contributed by atoms with van der Waals surface area (Å²) in [6.07, 6.45) is 1.58. The van der Waals surface area contributed by atoms with E-state index in [-0.39, 0.29) is 11.8 Å². The molecule has 4 rings (SSSR count). The van der Waals surface area contributed by atoms with Gasteiger partial charge in [0.25, 0.3) is 5.91 Å². The van der Waals surface area contributed by atoms with Crippen LogP contribution < -0.4 is 5.32 Å². The van der Waals surface area contributed by atoms with Crippen LogP contribution in [0.1, 0.15) is 40.1 Å². The molecule has 0 aliphatic carbocycles. The molecule has 0 saturated carbocycles. The van der Waals surface area contributed by atoms with E-state index in [1.54, 1.807) is 31.2 Å². The average Bonchev–Trinajstić information content (AvgIpc) is 3.33. The third kappa shape index (κ3) is 4.39. The van der Waals surface area contributed by atoms with E-state index in [0.717, 1.165) is 29.7 Å². The minimum absolute atomic E-state index is 0.215. The van der Waals surface area contributed by atoms with Crippen LogP contribution in [0.25, 0.3) is 11.3 Å². The van der Waals surface area contributed by atoms with Crippen molar-refractivity contribution in [3.8, 4) is 11.3 Å². The average molecular weight is 424 g/mol. The first kappa shape index (κ1) is 20.2. The number of carbonyl (C=O) groups is 2. The Hall–Kier alpha value is -3.12. The second kappa shape index (κ2) is 8.71. The Balaban J connectivity index is 1.41. The molecule has 2 heterocycles. The molecule has 2 aromatic carbocycles. The quantitative estimate of drug-likeness (QED) is 0.639. The van der Waals surface area contributed by atoms with Crippen molar-refractivity contribution in [1.82, 2.24) is 15.4 Å². The molecule has 1 aromatic heterocycles. The number of aromatic nitrogens is 1. The fourth-order valence-electron chi connectivity index (χ4n) is 3.57. The van der Waals surface area contributed by atoms with Crippen molar-refractivity contribution in [3.05, 3.63) is 76.0 Å². The van der Waals surface area contributed by atoms with Gasteiger partial charge in [-0.15, -0.1) is 0 Å². The molecule has 0 bridgehead atoms. The van der Waals surface area contributed by atoms with Gasteiger partial charge >= 0.3 is 0 Å². The van der Waals surface area contributed by atoms with E-state index in [2.05, 4.69) is 10.5 Å². The van der Waals surface area contributed by atoms with Crippen molar-refractivity contribution >= 4 is 23.4 Å². The zero-order valence-electron chi connectivity index (χ0n) is 16.7. The Morgan fingerprint density at radius 2 is 1.83 bits per heavy atom. The molecular weight excluding hydrogens is 402 g/mol. The third-order valence-corrected chi connectivity index (χ3v) is 5.48. The highest BCUT2D eigenvalue weighted by Crippen LogP contribution is 2.26. The Morgan fingerprint density at radius 3 is 2.50 bits per heavy atom. The van der Waals surface area contributed by atoms with Gasteiger partial charge in [-0.3, -0.25) is 9.59 Å². The maximum atomic E-state index is 12.8. The lowest BCUT2D eigenvalue weighted by atomic mass is 10.1. The topological polar surface area (TPSA) is 75.4 Å². The maximum absolute atomic E-state index is 12.8. The van der Waals surface area contributed by atoms with Crippen molar-refractivity contribution in [1.29, 1.82) is 0 Å². The summed E-state index contributed by atoms with van der Waals surface area (Å²) in [5, 5.41) is 7.59. The van der Waals surface area contributed by atoms with Gasteiger partial charge in [0.1, 0.15) is 17.0 Å². The number of rotatable bonds is 6. The third-order valence-electron chi connectivity index (χ3n) is 5.23. The highest BCUT2D eigenvalue weighted by Gasteiger charge is 2.22. The molecule has 7 heteroatoms. The van der Waals surface area contributed by atoms with Gasteiger partial charge in [0.05, 0.1) is 0 Å². The lowest BCUT2D eigenvalue weighted by Crippen LogP contribution is -2.24. The number of carbonyl (C=O) groups excluding carboxylic acids is 2. The first-order valence-corrected chi connectivity index (χ1v) is 10.2. The minimum atomic E-state index is -0.245. The molecule has 6 nitrogen and oxygen atoms in total. The number of likely N-dealkylation sites (tertiary alicyclic amines) is 1. The van der Waals surface area contributed by atoms with Crippen LogP contribution >= 0.6 is 11.6 Å². The number of aryl methyl sites for hydroxylation is 1. The first-order valence-electron chi connectivity index (χ1n) is 9.87. The number of hydrogen-bond donors (Lipinski definition) is 1. The summed E-state index contributed by atoms with van der Waals surface area (Å²) >= 11 is 5.95. The van der Waals surface area contributed by atoms with Crippen molar-refractivity contribution in [3.63, 3.8) is 0 Å². The summed E-state index contributed by atoms with van der Waals surface area (Å²) in [5.74, 6) is 0.431. The largest absolute Gasteiger partial charge is 0.360 e. The van der Waals surface area contributed by atoms with Gasteiger partial charge in [-0.25, -0.2) is 0 Å². The standard InChI is InChI=1S/C23H22ClN3O3/c1-15-21(22(26-30-15)18-8-10-19(24)11-9-18)23(29)25-13-16-4-6-17(7-5-16)14-27-12-2-3-20(27)28/h4-11H,2-3,12-14H2,1H3,(H,25,29). The van der Waals surface area contributed by atoms with Gasteiger partial charge in [0.15, 0.2) is 0 Å². The zero-order valence-corrected chi connectivity index (χ0v) is 17.4. The summed E-state index contributed by atoms with van der Waals surface area (Å²) in [7, 11) is 0. The van der Waals surface area contributed by atoms with Crippen LogP contribution in [-0.4, -0.2) is 28.4 Å². The number of hydrogen-bond acceptors (Lipinski definition) is 4. The molecule has 154 valence electrons. The van der Waals surface area contributed by atoms with Crippen LogP contribution in [0.3, 0.4) is 0 Å². The fourth-order valence-corrected chi connectivity index (χ4v) is 3.70. The molecule has 0 unspecified atom stereocenters. The molecule has 1 fully saturated rings. The van der Waals surface area contributed by atoms with E-state index in [4.69, 9.17) is 16.1 Å². The van der Waals surface area contributed by atoms with Crippen molar-refractivity contribution in [2.24, 2.45) is 0 Å². The van der Waals surface area contributed by atoms with Crippen molar-refractivity contribution in [2.75, 3.05) is 6.54 Å². The summed E-state index contributed by atoms with van der Waals surface area (Å²) in [5.41, 5.74) is 3.73. The second-order valence-corrected chi connectivity index (χ2v) is 7.82. The van der Waals surface area contributed by atoms with Gasteiger partial charge in [-0.05, 0) is 36.6 Å². The smallest absolute Gasteiger partial charge is 0.257 e. The number of benzene rings is 2. The Labute approximate surface area is 179 Å². The van der Waals surface area contributed by atoms with Crippen LogP contribution in [0.4, 0.5) is 0 Å². The predicted octanol–water partition coefficient (Wildman–Crippen LogP) is 4.36. The van der Waals surface area contributed by atoms with Crippen molar-refractivity contribution in [2.45, 2.75) is 32.9 Å². The van der Waals surface area contributed by atoms with E-state index >= 15 is 0 Å². The molecular formula is C23H22ClN3O3.